The number of ether oxygens (including phenoxy) is 1. The van der Waals surface area contributed by atoms with Crippen molar-refractivity contribution < 1.29 is 13.9 Å². The fourth-order valence-electron chi connectivity index (χ4n) is 2.78. The lowest BCUT2D eigenvalue weighted by molar-refractivity contribution is -0.138. The standard InChI is InChI=1S/C21H16ClFN2O2/c22-18-6-3-7-19(23)17(18)14-27-21(26)10-9-15-13-25(12-4-11-24)20-8-2-1-5-16(15)20/h1-3,5-10,13H,4,12,14H2/b10-9+. The number of nitriles is 1. The predicted molar refractivity (Wildman–Crippen MR) is 102 cm³/mol. The lowest BCUT2D eigenvalue weighted by Gasteiger charge is -2.05. The number of rotatable bonds is 6. The quantitative estimate of drug-likeness (QED) is 0.440. The summed E-state index contributed by atoms with van der Waals surface area (Å²) in [6.45, 7) is 0.333. The molecule has 0 spiro atoms. The molecular formula is C21H16ClFN2O2. The van der Waals surface area contributed by atoms with Gasteiger partial charge in [0.25, 0.3) is 0 Å². The molecule has 0 saturated heterocycles. The van der Waals surface area contributed by atoms with Gasteiger partial charge in [-0.15, -0.1) is 0 Å². The maximum atomic E-state index is 13.7. The second kappa shape index (κ2) is 8.52. The summed E-state index contributed by atoms with van der Waals surface area (Å²) in [6, 6.07) is 14.2. The maximum absolute atomic E-state index is 13.7. The molecule has 27 heavy (non-hydrogen) atoms. The molecule has 1 aromatic heterocycles. The Morgan fingerprint density at radius 3 is 2.85 bits per heavy atom. The maximum Gasteiger partial charge on any atom is 0.331 e. The summed E-state index contributed by atoms with van der Waals surface area (Å²) in [5, 5.41) is 9.98. The minimum absolute atomic E-state index is 0.147. The SMILES string of the molecule is N#CCCn1cc(/C=C/C(=O)OCc2c(F)cccc2Cl)c2ccccc21. The van der Waals surface area contributed by atoms with E-state index in [0.29, 0.717) is 13.0 Å². The van der Waals surface area contributed by atoms with Gasteiger partial charge in [-0.25, -0.2) is 9.18 Å². The largest absolute Gasteiger partial charge is 0.457 e. The van der Waals surface area contributed by atoms with Crippen molar-refractivity contribution in [2.75, 3.05) is 0 Å². The third-order valence-corrected chi connectivity index (χ3v) is 4.46. The lowest BCUT2D eigenvalue weighted by Crippen LogP contribution is -2.03. The van der Waals surface area contributed by atoms with Crippen LogP contribution in [0, 0.1) is 17.1 Å². The Kier molecular flexibility index (Phi) is 5.90. The molecule has 0 amide bonds. The molecule has 0 aliphatic rings. The van der Waals surface area contributed by atoms with Crippen molar-refractivity contribution in [3.8, 4) is 6.07 Å². The molecular weight excluding hydrogens is 367 g/mol. The number of fused-ring (bicyclic) bond motifs is 1. The molecule has 4 nitrogen and oxygen atoms in total. The number of aryl methyl sites for hydroxylation is 1. The number of carbonyl (C=O) groups excluding carboxylic acids is 1. The normalized spacial score (nSPS) is 11.0. The van der Waals surface area contributed by atoms with Crippen molar-refractivity contribution >= 4 is 34.5 Å². The third kappa shape index (κ3) is 4.36. The van der Waals surface area contributed by atoms with Crippen LogP contribution in [-0.2, 0) is 22.7 Å². The molecule has 0 unspecified atom stereocenters. The molecule has 6 heteroatoms. The van der Waals surface area contributed by atoms with Crippen LogP contribution in [0.1, 0.15) is 17.5 Å². The number of benzene rings is 2. The van der Waals surface area contributed by atoms with E-state index in [-0.39, 0.29) is 17.2 Å². The Hall–Kier alpha value is -3.10. The molecule has 0 aliphatic carbocycles. The zero-order chi connectivity index (χ0) is 19.2. The van der Waals surface area contributed by atoms with Gasteiger partial charge in [-0.2, -0.15) is 5.26 Å². The predicted octanol–water partition coefficient (Wildman–Crippen LogP) is 5.10. The van der Waals surface area contributed by atoms with Gasteiger partial charge in [0, 0.05) is 40.8 Å². The zero-order valence-corrected chi connectivity index (χ0v) is 15.1. The van der Waals surface area contributed by atoms with E-state index < -0.39 is 11.8 Å². The number of nitrogens with zero attached hydrogens (tertiary/aromatic N) is 2. The molecule has 0 aliphatic heterocycles. The number of halogens is 2. The minimum atomic E-state index is -0.594. The fourth-order valence-corrected chi connectivity index (χ4v) is 3.00. The Labute approximate surface area is 161 Å². The Morgan fingerprint density at radius 1 is 1.26 bits per heavy atom. The summed E-state index contributed by atoms with van der Waals surface area (Å²) >= 11 is 5.92. The van der Waals surface area contributed by atoms with Gasteiger partial charge in [0.15, 0.2) is 0 Å². The Bertz CT molecular complexity index is 1030. The van der Waals surface area contributed by atoms with Crippen LogP contribution in [0.5, 0.6) is 0 Å². The van der Waals surface area contributed by atoms with Gasteiger partial charge >= 0.3 is 5.97 Å². The van der Waals surface area contributed by atoms with E-state index in [0.717, 1.165) is 16.5 Å². The van der Waals surface area contributed by atoms with Gasteiger partial charge in [-0.1, -0.05) is 35.9 Å². The van der Waals surface area contributed by atoms with Crippen LogP contribution in [0.4, 0.5) is 4.39 Å². The molecule has 0 bridgehead atoms. The molecule has 136 valence electrons. The monoisotopic (exact) mass is 382 g/mol. The molecule has 0 saturated carbocycles. The van der Waals surface area contributed by atoms with E-state index in [2.05, 4.69) is 6.07 Å². The summed E-state index contributed by atoms with van der Waals surface area (Å²) in [5.74, 6) is -1.11. The van der Waals surface area contributed by atoms with Crippen molar-refractivity contribution in [3.63, 3.8) is 0 Å². The van der Waals surface area contributed by atoms with Crippen LogP contribution < -0.4 is 0 Å². The number of carbonyl (C=O) groups is 1. The Balaban J connectivity index is 1.74. The first-order valence-corrected chi connectivity index (χ1v) is 8.70. The average Bonchev–Trinajstić information content (AvgIpc) is 3.02. The van der Waals surface area contributed by atoms with Gasteiger partial charge in [0.05, 0.1) is 17.5 Å². The molecule has 0 radical (unpaired) electrons. The number of esters is 1. The van der Waals surface area contributed by atoms with E-state index in [1.807, 2.05) is 35.0 Å². The number of aromatic nitrogens is 1. The third-order valence-electron chi connectivity index (χ3n) is 4.10. The van der Waals surface area contributed by atoms with Crippen LogP contribution in [-0.4, -0.2) is 10.5 Å². The zero-order valence-electron chi connectivity index (χ0n) is 14.4. The highest BCUT2D eigenvalue weighted by Gasteiger charge is 2.10. The van der Waals surface area contributed by atoms with Gasteiger partial charge in [0.2, 0.25) is 0 Å². The topological polar surface area (TPSA) is 55.0 Å². The van der Waals surface area contributed by atoms with E-state index in [9.17, 15) is 9.18 Å². The summed E-state index contributed by atoms with van der Waals surface area (Å²) in [5.41, 5.74) is 1.97. The van der Waals surface area contributed by atoms with Gasteiger partial charge in [0.1, 0.15) is 12.4 Å². The van der Waals surface area contributed by atoms with Crippen LogP contribution in [0.3, 0.4) is 0 Å². The van der Waals surface area contributed by atoms with Gasteiger partial charge in [-0.05, 0) is 24.3 Å². The Morgan fingerprint density at radius 2 is 2.07 bits per heavy atom. The van der Waals surface area contributed by atoms with Gasteiger partial charge in [-0.3, -0.25) is 0 Å². The van der Waals surface area contributed by atoms with E-state index >= 15 is 0 Å². The molecule has 0 fully saturated rings. The first kappa shape index (κ1) is 18.7. The number of hydrogen-bond acceptors (Lipinski definition) is 3. The van der Waals surface area contributed by atoms with Crippen molar-refractivity contribution in [3.05, 3.63) is 76.7 Å². The highest BCUT2D eigenvalue weighted by molar-refractivity contribution is 6.31. The second-order valence-corrected chi connectivity index (χ2v) is 6.25. The first-order valence-electron chi connectivity index (χ1n) is 8.32. The number of hydrogen-bond donors (Lipinski definition) is 0. The van der Waals surface area contributed by atoms with Crippen molar-refractivity contribution in [2.24, 2.45) is 0 Å². The summed E-state index contributed by atoms with van der Waals surface area (Å²) in [6.07, 6.45) is 5.23. The van der Waals surface area contributed by atoms with Crippen LogP contribution in [0.2, 0.25) is 5.02 Å². The molecule has 2 aromatic carbocycles. The highest BCUT2D eigenvalue weighted by atomic mass is 35.5. The molecule has 0 atom stereocenters. The minimum Gasteiger partial charge on any atom is -0.457 e. The molecule has 3 aromatic rings. The van der Waals surface area contributed by atoms with Crippen LogP contribution >= 0.6 is 11.6 Å². The van der Waals surface area contributed by atoms with Crippen molar-refractivity contribution in [1.82, 2.24) is 4.57 Å². The number of para-hydroxylation sites is 1. The van der Waals surface area contributed by atoms with Crippen molar-refractivity contribution in [2.45, 2.75) is 19.6 Å². The van der Waals surface area contributed by atoms with Gasteiger partial charge < -0.3 is 9.30 Å². The summed E-state index contributed by atoms with van der Waals surface area (Å²) in [7, 11) is 0. The second-order valence-electron chi connectivity index (χ2n) is 5.84. The van der Waals surface area contributed by atoms with E-state index in [1.54, 1.807) is 12.1 Å². The molecule has 0 N–H and O–H groups in total. The molecule has 3 rings (SSSR count). The summed E-state index contributed by atoms with van der Waals surface area (Å²) in [4.78, 5) is 12.0. The van der Waals surface area contributed by atoms with Crippen LogP contribution in [0.15, 0.2) is 54.7 Å². The van der Waals surface area contributed by atoms with E-state index in [4.69, 9.17) is 21.6 Å². The van der Waals surface area contributed by atoms with E-state index in [1.165, 1.54) is 18.2 Å². The smallest absolute Gasteiger partial charge is 0.331 e. The summed E-state index contributed by atoms with van der Waals surface area (Å²) < 4.78 is 20.8. The lowest BCUT2D eigenvalue weighted by atomic mass is 10.1. The fraction of sp³-hybridized carbons (Fsp3) is 0.143. The molecule has 1 heterocycles. The van der Waals surface area contributed by atoms with Crippen molar-refractivity contribution in [1.29, 1.82) is 5.26 Å². The van der Waals surface area contributed by atoms with Crippen LogP contribution in [0.25, 0.3) is 17.0 Å². The highest BCUT2D eigenvalue weighted by Crippen LogP contribution is 2.23. The average molecular weight is 383 g/mol. The first-order chi connectivity index (χ1) is 13.1.